The number of nitrogens with zero attached hydrogens (tertiary/aromatic N) is 3. The molecule has 4 rings (SSSR count). The number of ether oxygens (including phenoxy) is 1. The second kappa shape index (κ2) is 9.33. The summed E-state index contributed by atoms with van der Waals surface area (Å²) >= 11 is 5.57. The first-order chi connectivity index (χ1) is 16.5. The van der Waals surface area contributed by atoms with Crippen molar-refractivity contribution in [2.75, 3.05) is 7.05 Å². The van der Waals surface area contributed by atoms with Gasteiger partial charge in [-0.2, -0.15) is 4.31 Å². The molecule has 1 aliphatic rings. The van der Waals surface area contributed by atoms with Crippen molar-refractivity contribution >= 4 is 38.8 Å². The highest BCUT2D eigenvalue weighted by Crippen LogP contribution is 2.42. The zero-order chi connectivity index (χ0) is 25.4. The molecule has 2 atom stereocenters. The van der Waals surface area contributed by atoms with E-state index in [0.29, 0.717) is 12.8 Å². The first-order valence-corrected chi connectivity index (χ1v) is 13.3. The van der Waals surface area contributed by atoms with E-state index < -0.39 is 33.1 Å². The van der Waals surface area contributed by atoms with Crippen molar-refractivity contribution in [1.82, 2.24) is 13.7 Å². The summed E-state index contributed by atoms with van der Waals surface area (Å²) < 4.78 is 35.4. The number of sulfonamides is 1. The molecule has 8 nitrogen and oxygen atoms in total. The number of benzene rings is 1. The highest BCUT2D eigenvalue weighted by molar-refractivity contribution is 7.89. The number of rotatable bonds is 7. The molecule has 35 heavy (non-hydrogen) atoms. The van der Waals surface area contributed by atoms with E-state index in [1.54, 1.807) is 38.2 Å². The van der Waals surface area contributed by atoms with Gasteiger partial charge in [-0.3, -0.25) is 4.79 Å². The predicted octanol–water partition coefficient (Wildman–Crippen LogP) is 3.44. The zero-order valence-electron chi connectivity index (χ0n) is 20.0. The molecule has 0 spiro atoms. The highest BCUT2D eigenvalue weighted by Gasteiger charge is 2.50. The van der Waals surface area contributed by atoms with Crippen LogP contribution in [0.4, 0.5) is 0 Å². The summed E-state index contributed by atoms with van der Waals surface area (Å²) in [5, 5.41) is 0. The quantitative estimate of drug-likeness (QED) is 0.380. The third kappa shape index (κ3) is 4.34. The number of nitrogens with two attached hydrogens (primary N) is 1. The number of fused-ring (bicyclic) bond motifs is 1. The number of likely N-dealkylation sites (N-methyl/N-ethyl adjacent to an activating group) is 1. The number of thiocarbonyl (C=S) groups is 1. The highest BCUT2D eigenvalue weighted by atomic mass is 32.2. The number of esters is 1. The molecule has 0 radical (unpaired) electrons. The van der Waals surface area contributed by atoms with Gasteiger partial charge in [0.25, 0.3) is 0 Å². The molecule has 1 aliphatic carbocycles. The molecule has 1 saturated carbocycles. The molecule has 0 saturated heterocycles. The Balaban J connectivity index is 1.67. The summed E-state index contributed by atoms with van der Waals surface area (Å²) in [6.07, 6.45) is 7.74. The summed E-state index contributed by atoms with van der Waals surface area (Å²) in [5.74, 6) is -0.657. The van der Waals surface area contributed by atoms with Crippen LogP contribution < -0.4 is 5.73 Å². The van der Waals surface area contributed by atoms with Crippen molar-refractivity contribution in [3.63, 3.8) is 0 Å². The van der Waals surface area contributed by atoms with Gasteiger partial charge in [0.15, 0.2) is 0 Å². The number of hydrogen-bond acceptors (Lipinski definition) is 6. The number of carbonyl (C=O) groups is 1. The van der Waals surface area contributed by atoms with Crippen LogP contribution in [0.15, 0.2) is 66.0 Å². The van der Waals surface area contributed by atoms with Crippen molar-refractivity contribution in [3.8, 4) is 0 Å². The normalized spacial score (nSPS) is 21.2. The topological polar surface area (TPSA) is 107 Å². The van der Waals surface area contributed by atoms with Gasteiger partial charge in [-0.1, -0.05) is 42.9 Å². The maximum atomic E-state index is 13.5. The van der Waals surface area contributed by atoms with Gasteiger partial charge in [0.1, 0.15) is 17.3 Å². The van der Waals surface area contributed by atoms with Crippen molar-refractivity contribution < 1.29 is 17.9 Å². The molecular formula is C25H30N4O4S2. The van der Waals surface area contributed by atoms with E-state index >= 15 is 0 Å². The Morgan fingerprint density at radius 1 is 1.23 bits per heavy atom. The van der Waals surface area contributed by atoms with Crippen LogP contribution in [0.2, 0.25) is 0 Å². The van der Waals surface area contributed by atoms with Gasteiger partial charge in [0.2, 0.25) is 10.0 Å². The van der Waals surface area contributed by atoms with Crippen molar-refractivity contribution in [1.29, 1.82) is 0 Å². The number of aromatic nitrogens is 2. The Labute approximate surface area is 211 Å². The molecular weight excluding hydrogens is 484 g/mol. The minimum absolute atomic E-state index is 0.104. The van der Waals surface area contributed by atoms with Crippen LogP contribution in [0.25, 0.3) is 5.65 Å². The van der Waals surface area contributed by atoms with Crippen molar-refractivity contribution in [2.45, 2.75) is 61.5 Å². The van der Waals surface area contributed by atoms with E-state index in [9.17, 15) is 13.2 Å². The molecule has 10 heteroatoms. The predicted molar refractivity (Wildman–Crippen MR) is 137 cm³/mol. The maximum absolute atomic E-state index is 13.5. The van der Waals surface area contributed by atoms with Crippen molar-refractivity contribution in [2.24, 2.45) is 5.73 Å². The molecule has 2 heterocycles. The van der Waals surface area contributed by atoms with Gasteiger partial charge in [-0.05, 0) is 56.9 Å². The monoisotopic (exact) mass is 514 g/mol. The zero-order valence-corrected chi connectivity index (χ0v) is 21.7. The Hall–Kier alpha value is -2.82. The number of carbonyl (C=O) groups excluding carboxylic acids is 1. The van der Waals surface area contributed by atoms with Gasteiger partial charge in [-0.15, -0.1) is 0 Å². The summed E-state index contributed by atoms with van der Waals surface area (Å²) in [6, 6.07) is 11.8. The summed E-state index contributed by atoms with van der Waals surface area (Å²) in [5.41, 5.74) is 5.63. The summed E-state index contributed by atoms with van der Waals surface area (Å²) in [4.78, 5) is 18.2. The lowest BCUT2D eigenvalue weighted by Crippen LogP contribution is -2.57. The summed E-state index contributed by atoms with van der Waals surface area (Å²) in [7, 11) is -2.54. The lowest BCUT2D eigenvalue weighted by molar-refractivity contribution is -0.162. The van der Waals surface area contributed by atoms with Crippen LogP contribution in [0.5, 0.6) is 0 Å². The molecule has 2 unspecified atom stereocenters. The van der Waals surface area contributed by atoms with Gasteiger partial charge in [0.05, 0.1) is 15.3 Å². The Morgan fingerprint density at radius 3 is 2.63 bits per heavy atom. The third-order valence-electron chi connectivity index (χ3n) is 7.12. The number of pyridine rings is 1. The second-order valence-electron chi connectivity index (χ2n) is 9.43. The van der Waals surface area contributed by atoms with Gasteiger partial charge in [0, 0.05) is 25.6 Å². The molecule has 2 N–H and O–H groups in total. The Morgan fingerprint density at radius 2 is 1.94 bits per heavy atom. The maximum Gasteiger partial charge on any atom is 0.327 e. The average molecular weight is 515 g/mol. The second-order valence-corrected chi connectivity index (χ2v) is 11.8. The number of hydrogen-bond donors (Lipinski definition) is 1. The molecule has 2 aromatic heterocycles. The minimum Gasteiger partial charge on any atom is -0.460 e. The van der Waals surface area contributed by atoms with Gasteiger partial charge >= 0.3 is 5.97 Å². The molecule has 3 aromatic rings. The smallest absolute Gasteiger partial charge is 0.327 e. The Bertz CT molecular complexity index is 1350. The average Bonchev–Trinajstić information content (AvgIpc) is 3.32. The van der Waals surface area contributed by atoms with Crippen LogP contribution in [-0.2, 0) is 25.0 Å². The van der Waals surface area contributed by atoms with E-state index in [2.05, 4.69) is 4.98 Å². The van der Waals surface area contributed by atoms with Crippen LogP contribution in [0.3, 0.4) is 0 Å². The van der Waals surface area contributed by atoms with Crippen LogP contribution in [0, 0.1) is 0 Å². The molecule has 186 valence electrons. The lowest BCUT2D eigenvalue weighted by Gasteiger charge is -2.44. The Kier molecular flexibility index (Phi) is 6.74. The summed E-state index contributed by atoms with van der Waals surface area (Å²) in [6.45, 7) is 3.08. The fraction of sp³-hybridized carbons (Fsp3) is 0.400. The standard InChI is InChI=1S/C25H30N4O4S2/c1-24(2,28(3)35(31,32)19-9-5-4-6-10-19)23(30)33-20-11-7-8-14-25(20,22(26)34)18-12-13-21-27-15-16-29(21)17-18/h4-6,9-10,12-13,15-17,20H,7-8,11,14H2,1-3H3,(H2,26,34). The van der Waals surface area contributed by atoms with Crippen molar-refractivity contribution in [3.05, 3.63) is 66.6 Å². The van der Waals surface area contributed by atoms with E-state index in [4.69, 9.17) is 22.7 Å². The fourth-order valence-corrected chi connectivity index (χ4v) is 6.54. The van der Waals surface area contributed by atoms with E-state index in [-0.39, 0.29) is 9.88 Å². The minimum atomic E-state index is -3.93. The van der Waals surface area contributed by atoms with E-state index in [1.165, 1.54) is 19.2 Å². The first-order valence-electron chi connectivity index (χ1n) is 11.5. The van der Waals surface area contributed by atoms with Gasteiger partial charge < -0.3 is 14.9 Å². The molecule has 0 bridgehead atoms. The van der Waals surface area contributed by atoms with Crippen LogP contribution in [0.1, 0.15) is 45.1 Å². The number of imidazole rings is 1. The third-order valence-corrected chi connectivity index (χ3v) is 9.53. The molecule has 1 fully saturated rings. The lowest BCUT2D eigenvalue weighted by atomic mass is 9.67. The van der Waals surface area contributed by atoms with Crippen LogP contribution >= 0.6 is 12.2 Å². The molecule has 1 aromatic carbocycles. The molecule has 0 amide bonds. The fourth-order valence-electron chi connectivity index (χ4n) is 4.69. The van der Waals surface area contributed by atoms with E-state index in [0.717, 1.165) is 28.4 Å². The largest absolute Gasteiger partial charge is 0.460 e. The van der Waals surface area contributed by atoms with Crippen LogP contribution in [-0.4, -0.2) is 51.8 Å². The molecule has 0 aliphatic heterocycles. The van der Waals surface area contributed by atoms with Gasteiger partial charge in [-0.25, -0.2) is 13.4 Å². The van der Waals surface area contributed by atoms with E-state index in [1.807, 2.05) is 28.9 Å². The SMILES string of the molecule is CN(C(C)(C)C(=O)OC1CCCCC1(C(N)=S)c1ccc2nccn2c1)S(=O)(=O)c1ccccc1. The first kappa shape index (κ1) is 25.3.